The number of aliphatic hydroxyl groups is 1. The Morgan fingerprint density at radius 2 is 1.94 bits per heavy atom. The van der Waals surface area contributed by atoms with Crippen molar-refractivity contribution < 1.29 is 5.11 Å². The summed E-state index contributed by atoms with van der Waals surface area (Å²) in [7, 11) is 0. The number of nitrogens with one attached hydrogen (secondary N) is 1. The molecule has 0 aromatic heterocycles. The highest BCUT2D eigenvalue weighted by Gasteiger charge is 2.07. The first-order valence-corrected chi connectivity index (χ1v) is 5.99. The largest absolute Gasteiger partial charge is 0.399 e. The number of anilines is 2. The number of nitrogens with two attached hydrogens (primary N) is 1. The fourth-order valence-electron chi connectivity index (χ4n) is 1.85. The van der Waals surface area contributed by atoms with Crippen LogP contribution in [0.25, 0.3) is 0 Å². The number of hydrogen-bond acceptors (Lipinski definition) is 3. The van der Waals surface area contributed by atoms with Crippen LogP contribution in [0, 0.1) is 6.92 Å². The first-order valence-electron chi connectivity index (χ1n) is 5.99. The van der Waals surface area contributed by atoms with Gasteiger partial charge in [-0.1, -0.05) is 24.3 Å². The second-order valence-electron chi connectivity index (χ2n) is 4.44. The fourth-order valence-corrected chi connectivity index (χ4v) is 1.85. The van der Waals surface area contributed by atoms with Gasteiger partial charge in [0.1, 0.15) is 0 Å². The summed E-state index contributed by atoms with van der Waals surface area (Å²) in [6.45, 7) is 2.51. The van der Waals surface area contributed by atoms with Gasteiger partial charge < -0.3 is 16.2 Å². The second kappa shape index (κ2) is 5.56. The Morgan fingerprint density at radius 1 is 1.17 bits per heavy atom. The van der Waals surface area contributed by atoms with E-state index in [0.29, 0.717) is 12.2 Å². The molecule has 1 atom stereocenters. The Labute approximate surface area is 107 Å². The molecule has 0 saturated carbocycles. The van der Waals surface area contributed by atoms with Gasteiger partial charge in [0.2, 0.25) is 0 Å². The molecule has 2 aromatic rings. The van der Waals surface area contributed by atoms with E-state index in [1.54, 1.807) is 6.07 Å². The number of aliphatic hydroxyl groups excluding tert-OH is 1. The molecule has 18 heavy (non-hydrogen) atoms. The Balaban J connectivity index is 1.98. The lowest BCUT2D eigenvalue weighted by molar-refractivity contribution is 0.191. The van der Waals surface area contributed by atoms with E-state index in [2.05, 4.69) is 5.32 Å². The lowest BCUT2D eigenvalue weighted by atomic mass is 10.1. The zero-order valence-corrected chi connectivity index (χ0v) is 10.4. The molecule has 0 aliphatic heterocycles. The molecule has 0 bridgehead atoms. The third-order valence-corrected chi connectivity index (χ3v) is 2.81. The van der Waals surface area contributed by atoms with Crippen LogP contribution < -0.4 is 11.1 Å². The number of nitrogen functional groups attached to an aromatic ring is 1. The lowest BCUT2D eigenvalue weighted by Gasteiger charge is -2.14. The zero-order valence-electron chi connectivity index (χ0n) is 10.4. The maximum Gasteiger partial charge on any atom is 0.0963 e. The van der Waals surface area contributed by atoms with Gasteiger partial charge in [-0.25, -0.2) is 0 Å². The summed E-state index contributed by atoms with van der Waals surface area (Å²) in [5.41, 5.74) is 9.39. The van der Waals surface area contributed by atoms with Crippen molar-refractivity contribution >= 4 is 11.4 Å². The molecule has 0 spiro atoms. The van der Waals surface area contributed by atoms with Crippen molar-refractivity contribution in [2.45, 2.75) is 13.0 Å². The van der Waals surface area contributed by atoms with Gasteiger partial charge in [-0.05, 0) is 42.3 Å². The van der Waals surface area contributed by atoms with Crippen LogP contribution in [0.4, 0.5) is 11.4 Å². The zero-order chi connectivity index (χ0) is 13.0. The van der Waals surface area contributed by atoms with Gasteiger partial charge in [-0.3, -0.25) is 0 Å². The van der Waals surface area contributed by atoms with E-state index in [4.69, 9.17) is 5.73 Å². The van der Waals surface area contributed by atoms with Crippen molar-refractivity contribution in [1.82, 2.24) is 0 Å². The molecule has 0 heterocycles. The highest BCUT2D eigenvalue weighted by molar-refractivity contribution is 5.46. The molecule has 0 aliphatic rings. The maximum absolute atomic E-state index is 10.1. The molecule has 0 aliphatic carbocycles. The van der Waals surface area contributed by atoms with Crippen molar-refractivity contribution in [3.05, 3.63) is 59.7 Å². The molecule has 0 radical (unpaired) electrons. The van der Waals surface area contributed by atoms with Crippen LogP contribution in [0.15, 0.2) is 48.5 Å². The van der Waals surface area contributed by atoms with E-state index in [1.165, 1.54) is 5.56 Å². The minimum absolute atomic E-state index is 0.465. The van der Waals surface area contributed by atoms with Crippen LogP contribution in [-0.4, -0.2) is 11.7 Å². The Hall–Kier alpha value is -2.00. The SMILES string of the molecule is Cc1cccc(NCC(O)c2cccc(N)c2)c1. The summed E-state index contributed by atoms with van der Waals surface area (Å²) >= 11 is 0. The van der Waals surface area contributed by atoms with Gasteiger partial charge in [0.25, 0.3) is 0 Å². The number of aryl methyl sites for hydroxylation is 1. The predicted octanol–water partition coefficient (Wildman–Crippen LogP) is 2.72. The second-order valence-corrected chi connectivity index (χ2v) is 4.44. The van der Waals surface area contributed by atoms with Crippen molar-refractivity contribution in [3.8, 4) is 0 Å². The van der Waals surface area contributed by atoms with E-state index in [9.17, 15) is 5.11 Å². The van der Waals surface area contributed by atoms with Gasteiger partial charge in [-0.15, -0.1) is 0 Å². The fraction of sp³-hybridized carbons (Fsp3) is 0.200. The minimum atomic E-state index is -0.561. The summed E-state index contributed by atoms with van der Waals surface area (Å²) in [5, 5.41) is 13.3. The first-order chi connectivity index (χ1) is 8.65. The summed E-state index contributed by atoms with van der Waals surface area (Å²) in [4.78, 5) is 0. The normalized spacial score (nSPS) is 12.1. The van der Waals surface area contributed by atoms with Gasteiger partial charge in [0.15, 0.2) is 0 Å². The molecule has 4 N–H and O–H groups in total. The molecule has 3 heteroatoms. The molecule has 2 rings (SSSR count). The Morgan fingerprint density at radius 3 is 2.67 bits per heavy atom. The molecular weight excluding hydrogens is 224 g/mol. The van der Waals surface area contributed by atoms with E-state index < -0.39 is 6.10 Å². The standard InChI is InChI=1S/C15H18N2O/c1-11-4-2-7-14(8-11)17-10-15(18)12-5-3-6-13(16)9-12/h2-9,15,17-18H,10,16H2,1H3. The average molecular weight is 242 g/mol. The van der Waals surface area contributed by atoms with Crippen molar-refractivity contribution in [2.24, 2.45) is 0 Å². The number of benzene rings is 2. The molecule has 1 unspecified atom stereocenters. The van der Waals surface area contributed by atoms with Crippen molar-refractivity contribution in [1.29, 1.82) is 0 Å². The topological polar surface area (TPSA) is 58.3 Å². The molecule has 0 saturated heterocycles. The van der Waals surface area contributed by atoms with E-state index in [-0.39, 0.29) is 0 Å². The number of rotatable bonds is 4. The Bertz CT molecular complexity index is 525. The quantitative estimate of drug-likeness (QED) is 0.722. The lowest BCUT2D eigenvalue weighted by Crippen LogP contribution is -2.12. The molecular formula is C15H18N2O. The van der Waals surface area contributed by atoms with Crippen LogP contribution >= 0.6 is 0 Å². The van der Waals surface area contributed by atoms with Crippen LogP contribution in [-0.2, 0) is 0 Å². The van der Waals surface area contributed by atoms with Crippen molar-refractivity contribution in [2.75, 3.05) is 17.6 Å². The highest BCUT2D eigenvalue weighted by atomic mass is 16.3. The van der Waals surface area contributed by atoms with Gasteiger partial charge in [-0.2, -0.15) is 0 Å². The molecule has 94 valence electrons. The molecule has 0 amide bonds. The van der Waals surface area contributed by atoms with Crippen LogP contribution in [0.1, 0.15) is 17.2 Å². The highest BCUT2D eigenvalue weighted by Crippen LogP contribution is 2.17. The monoisotopic (exact) mass is 242 g/mol. The first kappa shape index (κ1) is 12.5. The Kier molecular flexibility index (Phi) is 3.85. The molecule has 2 aromatic carbocycles. The summed E-state index contributed by atoms with van der Waals surface area (Å²) in [5.74, 6) is 0. The summed E-state index contributed by atoms with van der Waals surface area (Å²) in [6.07, 6.45) is -0.561. The van der Waals surface area contributed by atoms with Crippen LogP contribution in [0.2, 0.25) is 0 Å². The number of hydrogen-bond donors (Lipinski definition) is 3. The van der Waals surface area contributed by atoms with Crippen LogP contribution in [0.3, 0.4) is 0 Å². The summed E-state index contributed by atoms with van der Waals surface area (Å²) < 4.78 is 0. The molecule has 3 nitrogen and oxygen atoms in total. The van der Waals surface area contributed by atoms with E-state index >= 15 is 0 Å². The van der Waals surface area contributed by atoms with Crippen molar-refractivity contribution in [3.63, 3.8) is 0 Å². The smallest absolute Gasteiger partial charge is 0.0963 e. The predicted molar refractivity (Wildman–Crippen MR) is 75.5 cm³/mol. The average Bonchev–Trinajstić information content (AvgIpc) is 2.36. The van der Waals surface area contributed by atoms with Gasteiger partial charge in [0, 0.05) is 17.9 Å². The molecule has 0 fully saturated rings. The third-order valence-electron chi connectivity index (χ3n) is 2.81. The minimum Gasteiger partial charge on any atom is -0.399 e. The van der Waals surface area contributed by atoms with Gasteiger partial charge in [0.05, 0.1) is 6.10 Å². The third kappa shape index (κ3) is 3.25. The summed E-state index contributed by atoms with van der Waals surface area (Å²) in [6, 6.07) is 15.4. The van der Waals surface area contributed by atoms with Gasteiger partial charge >= 0.3 is 0 Å². The van der Waals surface area contributed by atoms with E-state index in [0.717, 1.165) is 11.3 Å². The van der Waals surface area contributed by atoms with E-state index in [1.807, 2.05) is 49.4 Å². The van der Waals surface area contributed by atoms with Crippen LogP contribution in [0.5, 0.6) is 0 Å². The maximum atomic E-state index is 10.1.